The van der Waals surface area contributed by atoms with E-state index < -0.39 is 5.54 Å². The quantitative estimate of drug-likeness (QED) is 0.843. The van der Waals surface area contributed by atoms with Gasteiger partial charge in [0.2, 0.25) is 5.91 Å². The maximum Gasteiger partial charge on any atom is 0.243 e. The first-order chi connectivity index (χ1) is 9.64. The van der Waals surface area contributed by atoms with Crippen LogP contribution in [-0.4, -0.2) is 34.7 Å². The molecule has 0 spiro atoms. The molecule has 106 valence electrons. The van der Waals surface area contributed by atoms with Crippen LogP contribution >= 0.6 is 0 Å². The highest BCUT2D eigenvalue weighted by Crippen LogP contribution is 2.36. The summed E-state index contributed by atoms with van der Waals surface area (Å²) < 4.78 is 0. The molecule has 2 aliphatic rings. The number of nitrogens with zero attached hydrogens (tertiary/aromatic N) is 1. The van der Waals surface area contributed by atoms with Crippen molar-refractivity contribution in [3.63, 3.8) is 0 Å². The topological polar surface area (TPSA) is 63.4 Å². The smallest absolute Gasteiger partial charge is 0.243 e. The van der Waals surface area contributed by atoms with E-state index in [1.807, 2.05) is 30.3 Å². The van der Waals surface area contributed by atoms with Crippen LogP contribution in [0.4, 0.5) is 0 Å². The third-order valence-corrected chi connectivity index (χ3v) is 4.65. The molecule has 0 aromatic heterocycles. The molecule has 4 nitrogen and oxygen atoms in total. The normalized spacial score (nSPS) is 33.0. The van der Waals surface area contributed by atoms with E-state index >= 15 is 0 Å². The Morgan fingerprint density at radius 1 is 1.25 bits per heavy atom. The van der Waals surface area contributed by atoms with Gasteiger partial charge in [0.1, 0.15) is 6.29 Å². The van der Waals surface area contributed by atoms with Gasteiger partial charge in [-0.1, -0.05) is 30.3 Å². The third kappa shape index (κ3) is 2.14. The lowest BCUT2D eigenvalue weighted by atomic mass is 9.81. The largest absolute Gasteiger partial charge is 0.328 e. The fourth-order valence-corrected chi connectivity index (χ4v) is 3.56. The first-order valence-corrected chi connectivity index (χ1v) is 7.25. The highest BCUT2D eigenvalue weighted by Gasteiger charge is 2.49. The standard InChI is InChI=1S/C16H20N2O2/c17-16(10-12-4-2-1-3-5-12)9-8-13-6-7-14(11-19)18(13)15(16)20/h1-5,11,13-14H,6-10,17H2/t13-,14+,16+/m1/s1. The molecule has 0 bridgehead atoms. The van der Waals surface area contributed by atoms with Crippen LogP contribution in [0.2, 0.25) is 0 Å². The summed E-state index contributed by atoms with van der Waals surface area (Å²) in [6, 6.07) is 9.80. The molecule has 3 atom stereocenters. The molecule has 0 aliphatic carbocycles. The van der Waals surface area contributed by atoms with Crippen LogP contribution in [0.25, 0.3) is 0 Å². The molecule has 2 N–H and O–H groups in total. The number of hydrogen-bond acceptors (Lipinski definition) is 3. The molecule has 2 saturated heterocycles. The minimum absolute atomic E-state index is 0.0489. The number of carbonyl (C=O) groups excluding carboxylic acids is 2. The Morgan fingerprint density at radius 2 is 2.00 bits per heavy atom. The monoisotopic (exact) mass is 272 g/mol. The molecule has 4 heteroatoms. The molecule has 2 heterocycles. The van der Waals surface area contributed by atoms with Gasteiger partial charge in [-0.2, -0.15) is 0 Å². The lowest BCUT2D eigenvalue weighted by Crippen LogP contribution is -2.63. The van der Waals surface area contributed by atoms with Crippen molar-refractivity contribution in [3.05, 3.63) is 35.9 Å². The van der Waals surface area contributed by atoms with Gasteiger partial charge >= 0.3 is 0 Å². The van der Waals surface area contributed by atoms with Crippen molar-refractivity contribution in [2.75, 3.05) is 0 Å². The minimum Gasteiger partial charge on any atom is -0.328 e. The first kappa shape index (κ1) is 13.3. The van der Waals surface area contributed by atoms with Gasteiger partial charge in [0, 0.05) is 6.04 Å². The van der Waals surface area contributed by atoms with Crippen LogP contribution in [0.15, 0.2) is 30.3 Å². The van der Waals surface area contributed by atoms with Crippen LogP contribution in [0.3, 0.4) is 0 Å². The third-order valence-electron chi connectivity index (χ3n) is 4.65. The molecular formula is C16H20N2O2. The van der Waals surface area contributed by atoms with Crippen LogP contribution < -0.4 is 5.73 Å². The van der Waals surface area contributed by atoms with E-state index in [-0.39, 0.29) is 18.0 Å². The predicted molar refractivity (Wildman–Crippen MR) is 76.0 cm³/mol. The number of aldehydes is 1. The SMILES string of the molecule is N[C@]1(Cc2ccccc2)CC[C@H]2CC[C@@H](C=O)N2C1=O. The maximum absolute atomic E-state index is 12.7. The van der Waals surface area contributed by atoms with E-state index in [4.69, 9.17) is 5.73 Å². The Bertz CT molecular complexity index is 516. The zero-order valence-electron chi connectivity index (χ0n) is 11.5. The van der Waals surface area contributed by atoms with Crippen molar-refractivity contribution in [2.24, 2.45) is 5.73 Å². The van der Waals surface area contributed by atoms with E-state index in [1.165, 1.54) is 0 Å². The lowest BCUT2D eigenvalue weighted by molar-refractivity contribution is -0.145. The summed E-state index contributed by atoms with van der Waals surface area (Å²) in [5, 5.41) is 0. The molecule has 1 aromatic carbocycles. The van der Waals surface area contributed by atoms with E-state index in [0.29, 0.717) is 12.8 Å². The average Bonchev–Trinajstić information content (AvgIpc) is 2.88. The second kappa shape index (κ2) is 5.02. The number of carbonyl (C=O) groups is 2. The van der Waals surface area contributed by atoms with Gasteiger partial charge in [0.15, 0.2) is 0 Å². The number of fused-ring (bicyclic) bond motifs is 1. The van der Waals surface area contributed by atoms with E-state index in [0.717, 1.165) is 31.1 Å². The second-order valence-electron chi connectivity index (χ2n) is 6.00. The van der Waals surface area contributed by atoms with Crippen LogP contribution in [0, 0.1) is 0 Å². The Hall–Kier alpha value is -1.68. The van der Waals surface area contributed by atoms with Crippen LogP contribution in [0.5, 0.6) is 0 Å². The van der Waals surface area contributed by atoms with Gasteiger partial charge in [-0.15, -0.1) is 0 Å². The average molecular weight is 272 g/mol. The summed E-state index contributed by atoms with van der Waals surface area (Å²) in [4.78, 5) is 25.6. The van der Waals surface area contributed by atoms with Crippen LogP contribution in [0.1, 0.15) is 31.2 Å². The molecule has 3 rings (SSSR count). The number of benzene rings is 1. The fraction of sp³-hybridized carbons (Fsp3) is 0.500. The molecular weight excluding hydrogens is 252 g/mol. The summed E-state index contributed by atoms with van der Waals surface area (Å²) in [6.45, 7) is 0. The molecule has 0 unspecified atom stereocenters. The zero-order valence-corrected chi connectivity index (χ0v) is 11.5. The van der Waals surface area contributed by atoms with Crippen molar-refractivity contribution in [1.82, 2.24) is 4.90 Å². The molecule has 20 heavy (non-hydrogen) atoms. The van der Waals surface area contributed by atoms with Crippen molar-refractivity contribution < 1.29 is 9.59 Å². The molecule has 0 radical (unpaired) electrons. The predicted octanol–water partition coefficient (Wildman–Crippen LogP) is 1.28. The van der Waals surface area contributed by atoms with Crippen LogP contribution in [-0.2, 0) is 16.0 Å². The number of amides is 1. The summed E-state index contributed by atoms with van der Waals surface area (Å²) in [5.41, 5.74) is 6.62. The van der Waals surface area contributed by atoms with Gasteiger partial charge < -0.3 is 15.4 Å². The summed E-state index contributed by atoms with van der Waals surface area (Å²) >= 11 is 0. The highest BCUT2D eigenvalue weighted by atomic mass is 16.2. The Morgan fingerprint density at radius 3 is 2.70 bits per heavy atom. The Balaban J connectivity index is 1.83. The molecule has 2 fully saturated rings. The van der Waals surface area contributed by atoms with E-state index in [1.54, 1.807) is 4.90 Å². The minimum atomic E-state index is -0.858. The van der Waals surface area contributed by atoms with Crippen molar-refractivity contribution >= 4 is 12.2 Å². The number of piperidine rings is 1. The number of nitrogens with two attached hydrogens (primary N) is 1. The van der Waals surface area contributed by atoms with Gasteiger partial charge in [0.25, 0.3) is 0 Å². The van der Waals surface area contributed by atoms with Gasteiger partial charge in [-0.25, -0.2) is 0 Å². The Kier molecular flexibility index (Phi) is 3.34. The van der Waals surface area contributed by atoms with Gasteiger partial charge in [0.05, 0.1) is 11.6 Å². The number of rotatable bonds is 3. The lowest BCUT2D eigenvalue weighted by Gasteiger charge is -2.42. The molecule has 0 saturated carbocycles. The molecule has 1 amide bonds. The Labute approximate surface area is 118 Å². The number of hydrogen-bond donors (Lipinski definition) is 1. The maximum atomic E-state index is 12.7. The summed E-state index contributed by atoms with van der Waals surface area (Å²) in [6.07, 6.45) is 4.75. The van der Waals surface area contributed by atoms with Gasteiger partial charge in [-0.3, -0.25) is 4.79 Å². The van der Waals surface area contributed by atoms with Crippen molar-refractivity contribution in [1.29, 1.82) is 0 Å². The first-order valence-electron chi connectivity index (χ1n) is 7.25. The zero-order chi connectivity index (χ0) is 14.2. The van der Waals surface area contributed by atoms with Crippen molar-refractivity contribution in [2.45, 2.75) is 49.7 Å². The van der Waals surface area contributed by atoms with E-state index in [2.05, 4.69) is 0 Å². The summed E-state index contributed by atoms with van der Waals surface area (Å²) in [5.74, 6) is -0.0489. The van der Waals surface area contributed by atoms with Crippen molar-refractivity contribution in [3.8, 4) is 0 Å². The fourth-order valence-electron chi connectivity index (χ4n) is 3.56. The molecule has 1 aromatic rings. The second-order valence-corrected chi connectivity index (χ2v) is 6.00. The highest BCUT2D eigenvalue weighted by molar-refractivity contribution is 5.90. The summed E-state index contributed by atoms with van der Waals surface area (Å²) in [7, 11) is 0. The van der Waals surface area contributed by atoms with E-state index in [9.17, 15) is 9.59 Å². The van der Waals surface area contributed by atoms with Gasteiger partial charge in [-0.05, 0) is 37.7 Å². The molecule has 2 aliphatic heterocycles.